The van der Waals surface area contributed by atoms with Crippen LogP contribution < -0.4 is 0 Å². The summed E-state index contributed by atoms with van der Waals surface area (Å²) >= 11 is 1.42. The minimum absolute atomic E-state index is 0.130. The molecule has 2 amide bonds. The number of hydrogen-bond donors (Lipinski definition) is 1. The van der Waals surface area contributed by atoms with E-state index in [4.69, 9.17) is 5.11 Å². The fraction of sp³-hybridized carbons (Fsp3) is 0.688. The van der Waals surface area contributed by atoms with Crippen molar-refractivity contribution in [2.24, 2.45) is 0 Å². The zero-order valence-electron chi connectivity index (χ0n) is 13.4. The predicted octanol–water partition coefficient (Wildman–Crippen LogP) is 3.02. The molecule has 126 valence electrons. The Hall–Kier alpha value is -1.63. The molecule has 3 heterocycles. The summed E-state index contributed by atoms with van der Waals surface area (Å²) in [6, 6.07) is 0.507. The van der Waals surface area contributed by atoms with Gasteiger partial charge in [0.05, 0.1) is 5.01 Å². The number of nitrogens with zero attached hydrogens (tertiary/aromatic N) is 3. The van der Waals surface area contributed by atoms with Crippen molar-refractivity contribution in [2.75, 3.05) is 19.6 Å². The normalized spacial score (nSPS) is 23.1. The van der Waals surface area contributed by atoms with Crippen LogP contribution in [-0.2, 0) is 0 Å². The number of urea groups is 1. The molecular formula is C16H23N3O3S. The van der Waals surface area contributed by atoms with Crippen LogP contribution in [0.15, 0.2) is 5.38 Å². The van der Waals surface area contributed by atoms with Gasteiger partial charge in [-0.2, -0.15) is 0 Å². The summed E-state index contributed by atoms with van der Waals surface area (Å²) in [7, 11) is 0. The minimum Gasteiger partial charge on any atom is -0.476 e. The van der Waals surface area contributed by atoms with Crippen LogP contribution in [-0.4, -0.2) is 57.6 Å². The third-order valence-electron chi connectivity index (χ3n) is 4.90. The van der Waals surface area contributed by atoms with E-state index < -0.39 is 5.97 Å². The second-order valence-corrected chi connectivity index (χ2v) is 7.35. The molecule has 1 N–H and O–H groups in total. The summed E-state index contributed by atoms with van der Waals surface area (Å²) < 4.78 is 0. The number of carbonyl (C=O) groups excluding carboxylic acids is 1. The summed E-state index contributed by atoms with van der Waals surface area (Å²) in [5, 5.41) is 11.5. The number of rotatable bonds is 2. The number of thiazole rings is 1. The highest BCUT2D eigenvalue weighted by Crippen LogP contribution is 2.31. The summed E-state index contributed by atoms with van der Waals surface area (Å²) in [4.78, 5) is 31.8. The van der Waals surface area contributed by atoms with Gasteiger partial charge in [-0.15, -0.1) is 11.3 Å². The van der Waals surface area contributed by atoms with Crippen LogP contribution in [0.1, 0.15) is 60.4 Å². The highest BCUT2D eigenvalue weighted by Gasteiger charge is 2.31. The van der Waals surface area contributed by atoms with Crippen LogP contribution in [0.2, 0.25) is 0 Å². The molecule has 0 saturated carbocycles. The highest BCUT2D eigenvalue weighted by atomic mass is 32.1. The molecule has 0 aromatic carbocycles. The van der Waals surface area contributed by atoms with Crippen LogP contribution >= 0.6 is 11.3 Å². The Kier molecular flexibility index (Phi) is 4.84. The molecule has 1 unspecified atom stereocenters. The number of carbonyl (C=O) groups is 2. The number of aromatic carboxylic acids is 1. The monoisotopic (exact) mass is 337 g/mol. The van der Waals surface area contributed by atoms with Gasteiger partial charge >= 0.3 is 12.0 Å². The average Bonchev–Trinajstić information content (AvgIpc) is 3.05. The first-order valence-electron chi connectivity index (χ1n) is 8.30. The number of amides is 2. The van der Waals surface area contributed by atoms with Crippen molar-refractivity contribution < 1.29 is 14.7 Å². The first-order valence-corrected chi connectivity index (χ1v) is 9.18. The van der Waals surface area contributed by atoms with Crippen LogP contribution in [0.3, 0.4) is 0 Å². The van der Waals surface area contributed by atoms with E-state index in [2.05, 4.69) is 11.9 Å². The Bertz CT molecular complexity index is 581. The summed E-state index contributed by atoms with van der Waals surface area (Å²) in [6.45, 7) is 4.46. The molecule has 2 fully saturated rings. The zero-order chi connectivity index (χ0) is 16.4. The number of likely N-dealkylation sites (tertiary alicyclic amines) is 2. The van der Waals surface area contributed by atoms with Crippen molar-refractivity contribution in [3.63, 3.8) is 0 Å². The van der Waals surface area contributed by atoms with Gasteiger partial charge in [-0.1, -0.05) is 0 Å². The van der Waals surface area contributed by atoms with Crippen molar-refractivity contribution in [1.29, 1.82) is 0 Å². The lowest BCUT2D eigenvalue weighted by Gasteiger charge is -2.39. The van der Waals surface area contributed by atoms with E-state index in [-0.39, 0.29) is 17.6 Å². The van der Waals surface area contributed by atoms with Gasteiger partial charge < -0.3 is 14.9 Å². The number of hydrogen-bond acceptors (Lipinski definition) is 4. The third-order valence-corrected chi connectivity index (χ3v) is 5.91. The number of aromatic nitrogens is 1. The van der Waals surface area contributed by atoms with E-state index in [1.807, 2.05) is 9.80 Å². The Labute approximate surface area is 140 Å². The molecule has 0 radical (unpaired) electrons. The molecule has 0 bridgehead atoms. The van der Waals surface area contributed by atoms with Crippen molar-refractivity contribution in [3.05, 3.63) is 16.1 Å². The third kappa shape index (κ3) is 3.49. The highest BCUT2D eigenvalue weighted by molar-refractivity contribution is 7.09. The molecule has 0 spiro atoms. The van der Waals surface area contributed by atoms with Gasteiger partial charge in [-0.25, -0.2) is 14.6 Å². The quantitative estimate of drug-likeness (QED) is 0.900. The Balaban J connectivity index is 1.57. The molecule has 2 aliphatic heterocycles. The molecule has 3 rings (SSSR count). The van der Waals surface area contributed by atoms with Gasteiger partial charge in [-0.05, 0) is 39.0 Å². The van der Waals surface area contributed by atoms with Gasteiger partial charge in [0.1, 0.15) is 0 Å². The maximum atomic E-state index is 12.7. The molecule has 1 aromatic rings. The smallest absolute Gasteiger partial charge is 0.355 e. The zero-order valence-corrected chi connectivity index (χ0v) is 14.2. The molecule has 1 aromatic heterocycles. The molecule has 23 heavy (non-hydrogen) atoms. The largest absolute Gasteiger partial charge is 0.476 e. The lowest BCUT2D eigenvalue weighted by Crippen LogP contribution is -2.51. The molecule has 6 nitrogen and oxygen atoms in total. The Morgan fingerprint density at radius 1 is 1.22 bits per heavy atom. The van der Waals surface area contributed by atoms with Crippen molar-refractivity contribution in [1.82, 2.24) is 14.8 Å². The molecule has 2 saturated heterocycles. The van der Waals surface area contributed by atoms with E-state index in [0.29, 0.717) is 6.04 Å². The number of carboxylic acids is 1. The van der Waals surface area contributed by atoms with E-state index in [9.17, 15) is 9.59 Å². The van der Waals surface area contributed by atoms with Crippen molar-refractivity contribution >= 4 is 23.3 Å². The lowest BCUT2D eigenvalue weighted by atomic mass is 9.97. The number of piperidine rings is 2. The molecular weight excluding hydrogens is 314 g/mol. The topological polar surface area (TPSA) is 73.7 Å². The van der Waals surface area contributed by atoms with Gasteiger partial charge in [-0.3, -0.25) is 0 Å². The van der Waals surface area contributed by atoms with E-state index in [1.54, 1.807) is 5.38 Å². The predicted molar refractivity (Wildman–Crippen MR) is 88.0 cm³/mol. The van der Waals surface area contributed by atoms with Gasteiger partial charge in [0, 0.05) is 37.0 Å². The second kappa shape index (κ2) is 6.86. The first-order chi connectivity index (χ1) is 11.1. The van der Waals surface area contributed by atoms with E-state index in [1.165, 1.54) is 17.8 Å². The Morgan fingerprint density at radius 3 is 2.57 bits per heavy atom. The fourth-order valence-corrected chi connectivity index (χ4v) is 4.42. The van der Waals surface area contributed by atoms with Crippen LogP contribution in [0.4, 0.5) is 4.79 Å². The summed E-state index contributed by atoms with van der Waals surface area (Å²) in [5.74, 6) is -0.699. The Morgan fingerprint density at radius 2 is 1.96 bits per heavy atom. The van der Waals surface area contributed by atoms with Gasteiger partial charge in [0.2, 0.25) is 0 Å². The molecule has 0 aliphatic carbocycles. The average molecular weight is 337 g/mol. The fourth-order valence-electron chi connectivity index (χ4n) is 3.46. The van der Waals surface area contributed by atoms with E-state index in [0.717, 1.165) is 50.3 Å². The van der Waals surface area contributed by atoms with Crippen molar-refractivity contribution in [2.45, 2.75) is 51.0 Å². The standard InChI is InChI=1S/C16H23N3O3S/c1-11-4-2-3-7-19(11)16(22)18-8-5-12(6-9-18)14-17-13(10-23-14)15(20)21/h10-12H,2-9H2,1H3,(H,20,21). The van der Waals surface area contributed by atoms with E-state index >= 15 is 0 Å². The summed E-state index contributed by atoms with van der Waals surface area (Å²) in [6.07, 6.45) is 5.13. The van der Waals surface area contributed by atoms with Crippen LogP contribution in [0.25, 0.3) is 0 Å². The van der Waals surface area contributed by atoms with Crippen LogP contribution in [0.5, 0.6) is 0 Å². The maximum absolute atomic E-state index is 12.7. The molecule has 7 heteroatoms. The molecule has 1 atom stereocenters. The maximum Gasteiger partial charge on any atom is 0.355 e. The minimum atomic E-state index is -0.973. The van der Waals surface area contributed by atoms with Crippen LogP contribution in [0, 0.1) is 0 Å². The first kappa shape index (κ1) is 16.2. The number of carboxylic acid groups (broad SMARTS) is 1. The summed E-state index contributed by atoms with van der Waals surface area (Å²) in [5.41, 5.74) is 0.130. The molecule has 2 aliphatic rings. The van der Waals surface area contributed by atoms with Gasteiger partial charge in [0.15, 0.2) is 5.69 Å². The SMILES string of the molecule is CC1CCCCN1C(=O)N1CCC(c2nc(C(=O)O)cs2)CC1. The van der Waals surface area contributed by atoms with Gasteiger partial charge in [0.25, 0.3) is 0 Å². The van der Waals surface area contributed by atoms with Crippen molar-refractivity contribution in [3.8, 4) is 0 Å². The lowest BCUT2D eigenvalue weighted by molar-refractivity contribution is 0.0691. The second-order valence-electron chi connectivity index (χ2n) is 6.46.